The second-order valence-corrected chi connectivity index (χ2v) is 17.9. The van der Waals surface area contributed by atoms with Crippen molar-refractivity contribution >= 4 is 17.5 Å². The SMILES string of the molecule is CC(C)c1ccc(N2CCC3(CCCN3)C2)nc1.CC(C)c1ccc(N2CCC3(CCCN3)C2)nc1.CC(C)c1ccc(N2CCC3(CCN3)C2)nc1. The maximum Gasteiger partial charge on any atom is 0.128 e. The first-order chi connectivity index (χ1) is 25.6. The van der Waals surface area contributed by atoms with E-state index >= 15 is 0 Å². The Bertz CT molecular complexity index is 1500. The maximum atomic E-state index is 4.63. The standard InChI is InChI=1S/2C15H23N3.C14H21N3/c2*1-12(2)13-4-5-14(16-10-13)18-9-7-15(11-18)6-3-8-17-15;1-11(2)12-3-4-13(15-9-12)17-8-6-14(10-17)5-7-16-14/h2*4-5,10,12,17H,3,6-9,11H2,1-2H3;3-4,9,11,16H,5-8,10H2,1-2H3. The predicted octanol–water partition coefficient (Wildman–Crippen LogP) is 7.22. The van der Waals surface area contributed by atoms with Crippen LogP contribution in [0.2, 0.25) is 0 Å². The second kappa shape index (κ2) is 16.2. The number of nitrogens with one attached hydrogen (secondary N) is 3. The average molecular weight is 722 g/mol. The van der Waals surface area contributed by atoms with Crippen molar-refractivity contribution in [1.82, 2.24) is 30.9 Å². The van der Waals surface area contributed by atoms with Gasteiger partial charge < -0.3 is 30.7 Å². The Morgan fingerprint density at radius 2 is 0.774 bits per heavy atom. The number of anilines is 3. The van der Waals surface area contributed by atoms with E-state index in [1.807, 2.05) is 18.6 Å². The molecule has 6 fully saturated rings. The first-order valence-corrected chi connectivity index (χ1v) is 20.9. The molecule has 3 unspecified atom stereocenters. The van der Waals surface area contributed by atoms with Crippen molar-refractivity contribution in [2.45, 2.75) is 127 Å². The van der Waals surface area contributed by atoms with Gasteiger partial charge in [0.15, 0.2) is 0 Å². The summed E-state index contributed by atoms with van der Waals surface area (Å²) >= 11 is 0. The molecule has 3 spiro atoms. The number of nitrogens with zero attached hydrogens (tertiary/aromatic N) is 6. The van der Waals surface area contributed by atoms with Crippen molar-refractivity contribution < 1.29 is 0 Å². The van der Waals surface area contributed by atoms with Gasteiger partial charge in [-0.05, 0) is 124 Å². The van der Waals surface area contributed by atoms with Crippen LogP contribution in [-0.2, 0) is 0 Å². The van der Waals surface area contributed by atoms with E-state index in [2.05, 4.69) is 124 Å². The lowest BCUT2D eigenvalue weighted by Gasteiger charge is -2.39. The van der Waals surface area contributed by atoms with Crippen molar-refractivity contribution in [1.29, 1.82) is 0 Å². The van der Waals surface area contributed by atoms with Crippen LogP contribution in [-0.4, -0.2) is 90.5 Å². The van der Waals surface area contributed by atoms with Gasteiger partial charge in [-0.25, -0.2) is 15.0 Å². The summed E-state index contributed by atoms with van der Waals surface area (Å²) in [6.07, 6.45) is 16.5. The van der Waals surface area contributed by atoms with Crippen LogP contribution in [0.1, 0.15) is 127 Å². The van der Waals surface area contributed by atoms with E-state index in [4.69, 9.17) is 0 Å². The molecule has 0 amide bonds. The van der Waals surface area contributed by atoms with Crippen molar-refractivity contribution in [2.24, 2.45) is 0 Å². The average Bonchev–Trinajstić information content (AvgIpc) is 4.02. The molecule has 3 aromatic heterocycles. The van der Waals surface area contributed by atoms with E-state index in [0.717, 1.165) is 56.7 Å². The summed E-state index contributed by atoms with van der Waals surface area (Å²) in [7, 11) is 0. The van der Waals surface area contributed by atoms with E-state index in [0.29, 0.717) is 34.4 Å². The molecule has 0 aromatic carbocycles. The lowest BCUT2D eigenvalue weighted by molar-refractivity contribution is 0.235. The van der Waals surface area contributed by atoms with Crippen molar-refractivity contribution in [3.8, 4) is 0 Å². The number of hydrogen-bond acceptors (Lipinski definition) is 9. The molecule has 9 heterocycles. The van der Waals surface area contributed by atoms with E-state index in [1.54, 1.807) is 0 Å². The highest BCUT2D eigenvalue weighted by atomic mass is 15.3. The van der Waals surface area contributed by atoms with Gasteiger partial charge in [-0.2, -0.15) is 0 Å². The summed E-state index contributed by atoms with van der Waals surface area (Å²) in [5, 5.41) is 11.0. The number of aromatic nitrogens is 3. The first-order valence-electron chi connectivity index (χ1n) is 20.9. The molecule has 53 heavy (non-hydrogen) atoms. The van der Waals surface area contributed by atoms with Crippen molar-refractivity contribution in [3.63, 3.8) is 0 Å². The fourth-order valence-corrected chi connectivity index (χ4v) is 9.24. The molecule has 0 saturated carbocycles. The van der Waals surface area contributed by atoms with Crippen LogP contribution < -0.4 is 30.7 Å². The Morgan fingerprint density at radius 1 is 0.453 bits per heavy atom. The predicted molar refractivity (Wildman–Crippen MR) is 221 cm³/mol. The van der Waals surface area contributed by atoms with E-state index < -0.39 is 0 Å². The minimum absolute atomic E-state index is 0.387. The van der Waals surface area contributed by atoms with Gasteiger partial charge in [-0.3, -0.25) is 0 Å². The Morgan fingerprint density at radius 3 is 0.981 bits per heavy atom. The number of rotatable bonds is 6. The number of hydrogen-bond donors (Lipinski definition) is 3. The number of pyridine rings is 3. The molecule has 6 aliphatic heterocycles. The fraction of sp³-hybridized carbons (Fsp3) is 0.659. The topological polar surface area (TPSA) is 84.5 Å². The molecule has 288 valence electrons. The van der Waals surface area contributed by atoms with Gasteiger partial charge in [-0.1, -0.05) is 59.7 Å². The third kappa shape index (κ3) is 8.84. The van der Waals surface area contributed by atoms with Crippen LogP contribution >= 0.6 is 0 Å². The molecule has 0 radical (unpaired) electrons. The normalized spacial score (nSPS) is 27.7. The van der Waals surface area contributed by atoms with E-state index in [1.165, 1.54) is 87.7 Å². The summed E-state index contributed by atoms with van der Waals surface area (Å²) in [5.41, 5.74) is 5.16. The minimum atomic E-state index is 0.387. The molecule has 9 heteroatoms. The molecule has 9 nitrogen and oxygen atoms in total. The van der Waals surface area contributed by atoms with E-state index in [9.17, 15) is 0 Å². The molecule has 6 saturated heterocycles. The van der Waals surface area contributed by atoms with E-state index in [-0.39, 0.29) is 0 Å². The maximum absolute atomic E-state index is 4.63. The largest absolute Gasteiger partial charge is 0.355 e. The Kier molecular flexibility index (Phi) is 11.6. The monoisotopic (exact) mass is 722 g/mol. The van der Waals surface area contributed by atoms with Gasteiger partial charge in [0, 0.05) is 74.5 Å². The third-order valence-corrected chi connectivity index (χ3v) is 13.1. The smallest absolute Gasteiger partial charge is 0.128 e. The Labute approximate surface area is 320 Å². The quantitative estimate of drug-likeness (QED) is 0.245. The zero-order valence-electron chi connectivity index (χ0n) is 33.6. The molecule has 0 bridgehead atoms. The van der Waals surface area contributed by atoms with Gasteiger partial charge in [0.25, 0.3) is 0 Å². The molecule has 3 aromatic rings. The highest BCUT2D eigenvalue weighted by molar-refractivity contribution is 5.45. The van der Waals surface area contributed by atoms with Crippen molar-refractivity contribution in [2.75, 3.05) is 73.6 Å². The highest BCUT2D eigenvalue weighted by Crippen LogP contribution is 2.35. The Balaban J connectivity index is 0.000000123. The lowest BCUT2D eigenvalue weighted by atomic mass is 9.87. The molecule has 3 N–H and O–H groups in total. The third-order valence-electron chi connectivity index (χ3n) is 13.1. The second-order valence-electron chi connectivity index (χ2n) is 17.9. The summed E-state index contributed by atoms with van der Waals surface area (Å²) in [4.78, 5) is 21.2. The molecule has 0 aliphatic carbocycles. The molecule has 3 atom stereocenters. The van der Waals surface area contributed by atoms with Gasteiger partial charge >= 0.3 is 0 Å². The summed E-state index contributed by atoms with van der Waals surface area (Å²) in [5.74, 6) is 5.12. The first kappa shape index (κ1) is 38.0. The van der Waals surface area contributed by atoms with Crippen LogP contribution in [0.25, 0.3) is 0 Å². The van der Waals surface area contributed by atoms with Gasteiger partial charge in [0.2, 0.25) is 0 Å². The fourth-order valence-electron chi connectivity index (χ4n) is 9.24. The van der Waals surface area contributed by atoms with Crippen LogP contribution in [0.3, 0.4) is 0 Å². The summed E-state index contributed by atoms with van der Waals surface area (Å²) in [6.45, 7) is 23.6. The zero-order valence-corrected chi connectivity index (χ0v) is 33.6. The van der Waals surface area contributed by atoms with Crippen LogP contribution in [0.15, 0.2) is 55.0 Å². The molecule has 6 aliphatic rings. The van der Waals surface area contributed by atoms with Crippen LogP contribution in [0, 0.1) is 0 Å². The molecular formula is C44H67N9. The Hall–Kier alpha value is -3.27. The lowest BCUT2D eigenvalue weighted by Crippen LogP contribution is -2.58. The highest BCUT2D eigenvalue weighted by Gasteiger charge is 2.43. The summed E-state index contributed by atoms with van der Waals surface area (Å²) < 4.78 is 0. The van der Waals surface area contributed by atoms with Crippen molar-refractivity contribution in [3.05, 3.63) is 71.7 Å². The van der Waals surface area contributed by atoms with Crippen LogP contribution in [0.5, 0.6) is 0 Å². The van der Waals surface area contributed by atoms with Crippen LogP contribution in [0.4, 0.5) is 17.5 Å². The molecule has 9 rings (SSSR count). The van der Waals surface area contributed by atoms with Gasteiger partial charge in [0.05, 0.1) is 0 Å². The minimum Gasteiger partial charge on any atom is -0.355 e. The zero-order chi connectivity index (χ0) is 37.1. The summed E-state index contributed by atoms with van der Waals surface area (Å²) in [6, 6.07) is 13.2. The van der Waals surface area contributed by atoms with Gasteiger partial charge in [-0.15, -0.1) is 0 Å². The molecular weight excluding hydrogens is 655 g/mol. The van der Waals surface area contributed by atoms with Gasteiger partial charge in [0.1, 0.15) is 17.5 Å².